The van der Waals surface area contributed by atoms with Gasteiger partial charge in [-0.25, -0.2) is 0 Å². The molecule has 0 atom stereocenters. The third-order valence-corrected chi connectivity index (χ3v) is 5.66. The molecule has 0 saturated heterocycles. The average molecular weight is 472 g/mol. The summed E-state index contributed by atoms with van der Waals surface area (Å²) in [7, 11) is 6.02. The van der Waals surface area contributed by atoms with Gasteiger partial charge in [0, 0.05) is 22.7 Å². The molecule has 3 aromatic carbocycles. The minimum Gasteiger partial charge on any atom is -0.496 e. The molecule has 178 valence electrons. The van der Waals surface area contributed by atoms with Crippen LogP contribution in [0.3, 0.4) is 0 Å². The summed E-state index contributed by atoms with van der Waals surface area (Å²) >= 11 is 0. The first-order valence-corrected chi connectivity index (χ1v) is 10.8. The SMILES string of the molecule is COc1ccccc1C(=O)n1cc(C=CC(=O)c2cc(OC)c(OC)c(OC)c2)c2ccccc21. The van der Waals surface area contributed by atoms with Gasteiger partial charge in [0.15, 0.2) is 17.3 Å². The zero-order valence-corrected chi connectivity index (χ0v) is 19.9. The first-order valence-electron chi connectivity index (χ1n) is 10.8. The third-order valence-electron chi connectivity index (χ3n) is 5.66. The van der Waals surface area contributed by atoms with Crippen molar-refractivity contribution in [3.05, 3.63) is 89.6 Å². The fourth-order valence-electron chi connectivity index (χ4n) is 3.94. The summed E-state index contributed by atoms with van der Waals surface area (Å²) in [6.45, 7) is 0. The Morgan fingerprint density at radius 1 is 0.771 bits per heavy atom. The van der Waals surface area contributed by atoms with Gasteiger partial charge in [-0.1, -0.05) is 30.3 Å². The highest BCUT2D eigenvalue weighted by Crippen LogP contribution is 2.38. The van der Waals surface area contributed by atoms with E-state index in [0.717, 1.165) is 16.5 Å². The highest BCUT2D eigenvalue weighted by Gasteiger charge is 2.18. The van der Waals surface area contributed by atoms with Crippen LogP contribution in [0, 0.1) is 0 Å². The van der Waals surface area contributed by atoms with Crippen molar-refractivity contribution in [3.8, 4) is 23.0 Å². The third kappa shape index (κ3) is 4.48. The van der Waals surface area contributed by atoms with Crippen LogP contribution in [0.5, 0.6) is 23.0 Å². The smallest absolute Gasteiger partial charge is 0.266 e. The molecule has 0 aliphatic carbocycles. The van der Waals surface area contributed by atoms with Crippen molar-refractivity contribution >= 4 is 28.7 Å². The van der Waals surface area contributed by atoms with Crippen molar-refractivity contribution in [2.75, 3.05) is 28.4 Å². The van der Waals surface area contributed by atoms with Gasteiger partial charge in [0.1, 0.15) is 5.75 Å². The minimum absolute atomic E-state index is 0.228. The van der Waals surface area contributed by atoms with Gasteiger partial charge in [0.05, 0.1) is 39.5 Å². The monoisotopic (exact) mass is 471 g/mol. The standard InChI is InChI=1S/C28H25NO6/c1-32-24-12-8-6-10-21(24)28(31)29-17-18(20-9-5-7-11-22(20)29)13-14-23(30)19-15-25(33-2)27(35-4)26(16-19)34-3/h5-17H,1-4H3. The van der Waals surface area contributed by atoms with E-state index in [4.69, 9.17) is 18.9 Å². The van der Waals surface area contributed by atoms with Crippen molar-refractivity contribution in [1.29, 1.82) is 0 Å². The summed E-state index contributed by atoms with van der Waals surface area (Å²) in [5.74, 6) is 1.20. The van der Waals surface area contributed by atoms with E-state index in [0.29, 0.717) is 34.1 Å². The maximum absolute atomic E-state index is 13.4. The van der Waals surface area contributed by atoms with E-state index in [9.17, 15) is 9.59 Å². The highest BCUT2D eigenvalue weighted by molar-refractivity contribution is 6.10. The van der Waals surface area contributed by atoms with Crippen LogP contribution in [0.25, 0.3) is 17.0 Å². The van der Waals surface area contributed by atoms with E-state index in [1.807, 2.05) is 30.3 Å². The number of rotatable bonds is 8. The molecule has 0 N–H and O–H groups in total. The van der Waals surface area contributed by atoms with Crippen LogP contribution in [-0.2, 0) is 0 Å². The van der Waals surface area contributed by atoms with Crippen LogP contribution in [0.4, 0.5) is 0 Å². The topological polar surface area (TPSA) is 76.0 Å². The lowest BCUT2D eigenvalue weighted by Crippen LogP contribution is -2.12. The molecular weight excluding hydrogens is 446 g/mol. The average Bonchev–Trinajstić information content (AvgIpc) is 3.28. The number of allylic oxidation sites excluding steroid dienone is 1. The van der Waals surface area contributed by atoms with Crippen LogP contribution >= 0.6 is 0 Å². The number of aromatic nitrogens is 1. The number of ether oxygens (including phenoxy) is 4. The first-order chi connectivity index (χ1) is 17.0. The first kappa shape index (κ1) is 23.6. The van der Waals surface area contributed by atoms with Crippen LogP contribution in [0.1, 0.15) is 26.3 Å². The lowest BCUT2D eigenvalue weighted by molar-refractivity contribution is 0.0961. The Morgan fingerprint density at radius 3 is 2.06 bits per heavy atom. The van der Waals surface area contributed by atoms with E-state index in [-0.39, 0.29) is 11.7 Å². The van der Waals surface area contributed by atoms with Crippen LogP contribution in [-0.4, -0.2) is 44.7 Å². The molecule has 0 aliphatic heterocycles. The van der Waals surface area contributed by atoms with Crippen molar-refractivity contribution in [2.24, 2.45) is 0 Å². The maximum atomic E-state index is 13.4. The van der Waals surface area contributed by atoms with Gasteiger partial charge in [0.2, 0.25) is 5.75 Å². The molecule has 35 heavy (non-hydrogen) atoms. The molecule has 7 heteroatoms. The largest absolute Gasteiger partial charge is 0.496 e. The van der Waals surface area contributed by atoms with Crippen molar-refractivity contribution < 1.29 is 28.5 Å². The molecule has 7 nitrogen and oxygen atoms in total. The number of methoxy groups -OCH3 is 4. The normalized spacial score (nSPS) is 11.0. The summed E-state index contributed by atoms with van der Waals surface area (Å²) in [4.78, 5) is 26.4. The molecule has 4 aromatic rings. The molecule has 0 unspecified atom stereocenters. The second-order valence-corrected chi connectivity index (χ2v) is 7.59. The summed E-state index contributed by atoms with van der Waals surface area (Å²) < 4.78 is 23.0. The van der Waals surface area contributed by atoms with Gasteiger partial charge in [-0.05, 0) is 42.5 Å². The van der Waals surface area contributed by atoms with Crippen molar-refractivity contribution in [1.82, 2.24) is 4.57 Å². The predicted molar refractivity (Wildman–Crippen MR) is 134 cm³/mol. The molecule has 0 aliphatic rings. The molecule has 0 amide bonds. The number of fused-ring (bicyclic) bond motifs is 1. The Kier molecular flexibility index (Phi) is 6.87. The molecule has 0 fully saturated rings. The van der Waals surface area contributed by atoms with Gasteiger partial charge in [-0.15, -0.1) is 0 Å². The Morgan fingerprint density at radius 2 is 1.40 bits per heavy atom. The maximum Gasteiger partial charge on any atom is 0.266 e. The number of benzene rings is 3. The number of para-hydroxylation sites is 2. The lowest BCUT2D eigenvalue weighted by Gasteiger charge is -2.13. The molecule has 1 heterocycles. The van der Waals surface area contributed by atoms with Crippen LogP contribution in [0.15, 0.2) is 72.9 Å². The Bertz CT molecular complexity index is 1410. The predicted octanol–water partition coefficient (Wildman–Crippen LogP) is 5.26. The lowest BCUT2D eigenvalue weighted by atomic mass is 10.1. The summed E-state index contributed by atoms with van der Waals surface area (Å²) in [6.07, 6.45) is 4.87. The highest BCUT2D eigenvalue weighted by atomic mass is 16.5. The molecule has 0 bridgehead atoms. The van der Waals surface area contributed by atoms with Gasteiger partial charge in [-0.3, -0.25) is 14.2 Å². The molecule has 4 rings (SSSR count). The number of carbonyl (C=O) groups excluding carboxylic acids is 2. The molecule has 0 radical (unpaired) electrons. The Labute approximate surface area is 203 Å². The van der Waals surface area contributed by atoms with E-state index in [2.05, 4.69) is 0 Å². The van der Waals surface area contributed by atoms with Gasteiger partial charge in [0.25, 0.3) is 5.91 Å². The van der Waals surface area contributed by atoms with Gasteiger partial charge >= 0.3 is 0 Å². The second-order valence-electron chi connectivity index (χ2n) is 7.59. The summed E-state index contributed by atoms with van der Waals surface area (Å²) in [5.41, 5.74) is 2.28. The second kappa shape index (κ2) is 10.2. The number of hydrogen-bond acceptors (Lipinski definition) is 6. The zero-order valence-electron chi connectivity index (χ0n) is 19.9. The van der Waals surface area contributed by atoms with E-state index in [1.54, 1.807) is 47.2 Å². The summed E-state index contributed by atoms with van der Waals surface area (Å²) in [5, 5.41) is 0.838. The fraction of sp³-hybridized carbons (Fsp3) is 0.143. The van der Waals surface area contributed by atoms with Gasteiger partial charge < -0.3 is 18.9 Å². The van der Waals surface area contributed by atoms with E-state index in [1.165, 1.54) is 34.5 Å². The van der Waals surface area contributed by atoms with E-state index < -0.39 is 0 Å². The molecule has 1 aromatic heterocycles. The number of nitrogens with zero attached hydrogens (tertiary/aromatic N) is 1. The van der Waals surface area contributed by atoms with Crippen LogP contribution in [0.2, 0.25) is 0 Å². The summed E-state index contributed by atoms with van der Waals surface area (Å²) in [6, 6.07) is 17.8. The van der Waals surface area contributed by atoms with Crippen molar-refractivity contribution in [2.45, 2.75) is 0 Å². The number of carbonyl (C=O) groups is 2. The number of hydrogen-bond donors (Lipinski definition) is 0. The Hall–Kier alpha value is -4.52. The quantitative estimate of drug-likeness (QED) is 0.258. The molecule has 0 spiro atoms. The van der Waals surface area contributed by atoms with Crippen molar-refractivity contribution in [3.63, 3.8) is 0 Å². The van der Waals surface area contributed by atoms with Gasteiger partial charge in [-0.2, -0.15) is 0 Å². The molecule has 0 saturated carbocycles. The van der Waals surface area contributed by atoms with E-state index >= 15 is 0 Å². The molecular formula is C28H25NO6. The number of ketones is 1. The zero-order chi connectivity index (χ0) is 24.9. The van der Waals surface area contributed by atoms with Crippen LogP contribution < -0.4 is 18.9 Å². The minimum atomic E-state index is -0.253. The fourth-order valence-corrected chi connectivity index (χ4v) is 3.94. The Balaban J connectivity index is 1.72.